The molecule has 0 fully saturated rings. The number of rotatable bonds is 9. The summed E-state index contributed by atoms with van der Waals surface area (Å²) in [5.41, 5.74) is 20.1. The highest BCUT2D eigenvalue weighted by Crippen LogP contribution is 2.39. The zero-order valence-electron chi connectivity index (χ0n) is 36.5. The maximum absolute atomic E-state index is 5.39. The van der Waals surface area contributed by atoms with Gasteiger partial charge in [0.1, 0.15) is 5.52 Å². The van der Waals surface area contributed by atoms with E-state index in [2.05, 4.69) is 247 Å². The summed E-state index contributed by atoms with van der Waals surface area (Å²) in [6.45, 7) is 0. The van der Waals surface area contributed by atoms with Crippen LogP contribution in [0, 0.1) is 0 Å². The molecule has 12 aromatic rings. The van der Waals surface area contributed by atoms with E-state index in [-0.39, 0.29) is 0 Å². The first-order valence-corrected chi connectivity index (χ1v) is 22.7. The summed E-state index contributed by atoms with van der Waals surface area (Å²) in [5.74, 6) is 0.688. The summed E-state index contributed by atoms with van der Waals surface area (Å²) < 4.78 is 2.30. The minimum absolute atomic E-state index is 0.688. The molecule has 3 aromatic heterocycles. The predicted octanol–water partition coefficient (Wildman–Crippen LogP) is 16.3. The maximum atomic E-state index is 5.39. The number of pyridine rings is 1. The maximum Gasteiger partial charge on any atom is 0.160 e. The molecule has 0 N–H and O–H groups in total. The van der Waals surface area contributed by atoms with E-state index in [1.165, 1.54) is 0 Å². The number of hydrogen-bond donors (Lipinski definition) is 0. The summed E-state index contributed by atoms with van der Waals surface area (Å²) in [7, 11) is 0. The SMILES string of the molecule is c1ccc(-c2cc(-c3ccccc3)nc(-c3cccc(-c4cccc(-c5cccc(-c6cccc(-c7nc(-c8ccccc8)c8c(n7)c7ccccc7n8-c7ccccc7)c6)c5)c4)c3)c2)cc1. The topological polar surface area (TPSA) is 43.6 Å². The summed E-state index contributed by atoms with van der Waals surface area (Å²) in [4.78, 5) is 16.0. The van der Waals surface area contributed by atoms with Gasteiger partial charge in [-0.25, -0.2) is 15.0 Å². The lowest BCUT2D eigenvalue weighted by Crippen LogP contribution is -1.99. The van der Waals surface area contributed by atoms with Gasteiger partial charge in [0.15, 0.2) is 5.82 Å². The largest absolute Gasteiger partial charge is 0.306 e. The molecule has 0 atom stereocenters. The van der Waals surface area contributed by atoms with Gasteiger partial charge < -0.3 is 4.57 Å². The molecule has 0 radical (unpaired) electrons. The zero-order chi connectivity index (χ0) is 44.5. The van der Waals surface area contributed by atoms with E-state index in [4.69, 9.17) is 15.0 Å². The molecule has 0 aliphatic rings. The molecule has 0 amide bonds. The molecule has 0 aliphatic carbocycles. The van der Waals surface area contributed by atoms with Crippen LogP contribution in [-0.4, -0.2) is 19.5 Å². The molecule has 4 nitrogen and oxygen atoms in total. The lowest BCUT2D eigenvalue weighted by Gasteiger charge is -2.13. The van der Waals surface area contributed by atoms with Crippen LogP contribution in [0.4, 0.5) is 0 Å². The van der Waals surface area contributed by atoms with Gasteiger partial charge in [-0.2, -0.15) is 0 Å². The lowest BCUT2D eigenvalue weighted by atomic mass is 9.94. The molecule has 67 heavy (non-hydrogen) atoms. The second-order valence-electron chi connectivity index (χ2n) is 16.8. The monoisotopic (exact) mass is 854 g/mol. The highest BCUT2D eigenvalue weighted by Gasteiger charge is 2.21. The van der Waals surface area contributed by atoms with Crippen molar-refractivity contribution in [3.63, 3.8) is 0 Å². The van der Waals surface area contributed by atoms with Gasteiger partial charge in [-0.05, 0) is 99.1 Å². The third-order valence-corrected chi connectivity index (χ3v) is 12.6. The van der Waals surface area contributed by atoms with E-state index >= 15 is 0 Å². The van der Waals surface area contributed by atoms with Crippen LogP contribution < -0.4 is 0 Å². The first kappa shape index (κ1) is 39.6. The highest BCUT2D eigenvalue weighted by molar-refractivity contribution is 6.11. The fraction of sp³-hybridized carbons (Fsp3) is 0. The van der Waals surface area contributed by atoms with Crippen molar-refractivity contribution in [2.75, 3.05) is 0 Å². The lowest BCUT2D eigenvalue weighted by molar-refractivity contribution is 1.15. The van der Waals surface area contributed by atoms with E-state index in [0.29, 0.717) is 5.82 Å². The Morgan fingerprint density at radius 2 is 0.687 bits per heavy atom. The summed E-state index contributed by atoms with van der Waals surface area (Å²) >= 11 is 0. The molecule has 4 heteroatoms. The van der Waals surface area contributed by atoms with Crippen LogP contribution in [0.5, 0.6) is 0 Å². The zero-order valence-corrected chi connectivity index (χ0v) is 36.5. The second-order valence-corrected chi connectivity index (χ2v) is 16.8. The Kier molecular flexibility index (Phi) is 10.2. The quantitative estimate of drug-likeness (QED) is 0.145. The van der Waals surface area contributed by atoms with Crippen molar-refractivity contribution in [2.24, 2.45) is 0 Å². The highest BCUT2D eigenvalue weighted by atomic mass is 15.0. The summed E-state index contributed by atoms with van der Waals surface area (Å²) in [6, 6.07) is 89.8. The smallest absolute Gasteiger partial charge is 0.160 e. The first-order chi connectivity index (χ1) is 33.2. The third kappa shape index (κ3) is 7.67. The molecule has 0 saturated carbocycles. The number of para-hydroxylation sites is 2. The van der Waals surface area contributed by atoms with Gasteiger partial charge in [0.2, 0.25) is 0 Å². The number of benzene rings is 9. The molecular weight excluding hydrogens is 813 g/mol. The van der Waals surface area contributed by atoms with Crippen molar-refractivity contribution in [3.05, 3.63) is 255 Å². The van der Waals surface area contributed by atoms with Crippen LogP contribution in [0.2, 0.25) is 0 Å². The van der Waals surface area contributed by atoms with Crippen LogP contribution in [0.1, 0.15) is 0 Å². The second kappa shape index (κ2) is 17.2. The van der Waals surface area contributed by atoms with Crippen LogP contribution in [0.15, 0.2) is 255 Å². The van der Waals surface area contributed by atoms with Crippen molar-refractivity contribution < 1.29 is 0 Å². The van der Waals surface area contributed by atoms with E-state index in [1.807, 2.05) is 12.1 Å². The van der Waals surface area contributed by atoms with Gasteiger partial charge in [0, 0.05) is 33.3 Å². The molecule has 0 spiro atoms. The van der Waals surface area contributed by atoms with Gasteiger partial charge in [-0.1, -0.05) is 200 Å². The minimum atomic E-state index is 0.688. The van der Waals surface area contributed by atoms with Crippen LogP contribution in [0.25, 0.3) is 117 Å². The Balaban J connectivity index is 0.901. The van der Waals surface area contributed by atoms with Crippen molar-refractivity contribution in [1.29, 1.82) is 0 Å². The fourth-order valence-electron chi connectivity index (χ4n) is 9.30. The molecule has 0 saturated heterocycles. The standard InChI is InChI=1S/C63H42N4/c1-5-19-43(20-6-1)54-41-57(44-21-7-2-8-22-44)64-58(42-54)52-31-17-29-50(39-52)48-27-15-25-46(37-48)47-26-16-28-49(38-47)51-30-18-32-53(40-51)63-65-60(45-23-9-3-10-24-45)62-61(66-63)56-35-13-14-36-59(56)67(62)55-33-11-4-12-34-55/h1-42H. The molecular formula is C63H42N4. The molecule has 0 aliphatic heterocycles. The van der Waals surface area contributed by atoms with Crippen molar-refractivity contribution in [1.82, 2.24) is 19.5 Å². The summed E-state index contributed by atoms with van der Waals surface area (Å²) in [6.07, 6.45) is 0. The minimum Gasteiger partial charge on any atom is -0.306 e. The molecule has 3 heterocycles. The fourth-order valence-corrected chi connectivity index (χ4v) is 9.30. The van der Waals surface area contributed by atoms with E-state index in [9.17, 15) is 0 Å². The number of aromatic nitrogens is 4. The Hall–Kier alpha value is -8.99. The molecule has 0 unspecified atom stereocenters. The average molecular weight is 855 g/mol. The molecule has 314 valence electrons. The summed E-state index contributed by atoms with van der Waals surface area (Å²) in [5, 5.41) is 1.09. The van der Waals surface area contributed by atoms with Crippen molar-refractivity contribution >= 4 is 21.9 Å². The third-order valence-electron chi connectivity index (χ3n) is 12.6. The van der Waals surface area contributed by atoms with E-state index in [1.54, 1.807) is 0 Å². The van der Waals surface area contributed by atoms with Crippen LogP contribution in [-0.2, 0) is 0 Å². The number of nitrogens with zero attached hydrogens (tertiary/aromatic N) is 4. The van der Waals surface area contributed by atoms with Gasteiger partial charge in [0.25, 0.3) is 0 Å². The van der Waals surface area contributed by atoms with E-state index in [0.717, 1.165) is 111 Å². The normalized spacial score (nSPS) is 11.3. The van der Waals surface area contributed by atoms with Crippen molar-refractivity contribution in [3.8, 4) is 95.4 Å². The Morgan fingerprint density at radius 1 is 0.269 bits per heavy atom. The Bertz CT molecular complexity index is 3670. The molecule has 0 bridgehead atoms. The number of fused-ring (bicyclic) bond motifs is 3. The van der Waals surface area contributed by atoms with Crippen molar-refractivity contribution in [2.45, 2.75) is 0 Å². The van der Waals surface area contributed by atoms with Crippen LogP contribution >= 0.6 is 0 Å². The average Bonchev–Trinajstić information content (AvgIpc) is 3.76. The predicted molar refractivity (Wildman–Crippen MR) is 278 cm³/mol. The Labute approximate surface area is 389 Å². The Morgan fingerprint density at radius 3 is 1.27 bits per heavy atom. The van der Waals surface area contributed by atoms with Gasteiger partial charge in [0.05, 0.1) is 28.1 Å². The first-order valence-electron chi connectivity index (χ1n) is 22.7. The van der Waals surface area contributed by atoms with Crippen LogP contribution in [0.3, 0.4) is 0 Å². The van der Waals surface area contributed by atoms with Gasteiger partial charge in [-0.15, -0.1) is 0 Å². The molecule has 12 rings (SSSR count). The van der Waals surface area contributed by atoms with E-state index < -0.39 is 0 Å². The van der Waals surface area contributed by atoms with Gasteiger partial charge in [-0.3, -0.25) is 0 Å². The molecule has 9 aromatic carbocycles. The van der Waals surface area contributed by atoms with Gasteiger partial charge >= 0.3 is 0 Å². The number of hydrogen-bond acceptors (Lipinski definition) is 3.